The first kappa shape index (κ1) is 14.7. The lowest BCUT2D eigenvalue weighted by Gasteiger charge is -2.09. The van der Waals surface area contributed by atoms with Crippen LogP contribution >= 0.6 is 0 Å². The molecule has 21 heavy (non-hydrogen) atoms. The van der Waals surface area contributed by atoms with Gasteiger partial charge in [0.2, 0.25) is 0 Å². The molecule has 6 heteroatoms. The summed E-state index contributed by atoms with van der Waals surface area (Å²) < 4.78 is 28.6. The highest BCUT2D eigenvalue weighted by Gasteiger charge is 2.05. The quantitative estimate of drug-likeness (QED) is 0.915. The minimum atomic E-state index is -2.84. The summed E-state index contributed by atoms with van der Waals surface area (Å²) in [5, 5.41) is 12.0. The van der Waals surface area contributed by atoms with Crippen molar-refractivity contribution >= 4 is 5.82 Å². The molecule has 1 aromatic carbocycles. The Balaban J connectivity index is 2.04. The van der Waals surface area contributed by atoms with Crippen LogP contribution in [0.2, 0.25) is 0 Å². The first-order valence-corrected chi connectivity index (χ1v) is 6.24. The molecule has 0 amide bonds. The molecular formula is C15H13F2N3O. The van der Waals surface area contributed by atoms with E-state index in [1.165, 1.54) is 12.1 Å². The molecule has 0 spiro atoms. The van der Waals surface area contributed by atoms with Crippen LogP contribution in [0.1, 0.15) is 16.8 Å². The molecule has 0 aliphatic rings. The number of nitrogens with one attached hydrogen (secondary N) is 1. The maximum atomic E-state index is 12.1. The van der Waals surface area contributed by atoms with E-state index in [1.54, 1.807) is 31.2 Å². The zero-order chi connectivity index (χ0) is 15.2. The standard InChI is InChI=1S/C15H13F2N3O/c1-10-5-6-14(20-13(10)8-18)19-9-11-3-2-4-12(7-11)21-15(16)17/h2-7,15H,9H2,1H3,(H,19,20). The zero-order valence-electron chi connectivity index (χ0n) is 11.3. The fourth-order valence-corrected chi connectivity index (χ4v) is 1.76. The minimum Gasteiger partial charge on any atom is -0.435 e. The molecule has 0 fully saturated rings. The third-order valence-corrected chi connectivity index (χ3v) is 2.80. The number of aromatic nitrogens is 1. The van der Waals surface area contributed by atoms with Gasteiger partial charge in [-0.2, -0.15) is 14.0 Å². The molecule has 0 atom stereocenters. The van der Waals surface area contributed by atoms with Gasteiger partial charge >= 0.3 is 6.61 Å². The van der Waals surface area contributed by atoms with Gasteiger partial charge < -0.3 is 10.1 Å². The van der Waals surface area contributed by atoms with Crippen LogP contribution in [-0.4, -0.2) is 11.6 Å². The summed E-state index contributed by atoms with van der Waals surface area (Å²) in [4.78, 5) is 4.15. The van der Waals surface area contributed by atoms with Gasteiger partial charge in [-0.15, -0.1) is 0 Å². The molecule has 0 aliphatic heterocycles. The third-order valence-electron chi connectivity index (χ3n) is 2.80. The lowest BCUT2D eigenvalue weighted by molar-refractivity contribution is -0.0498. The lowest BCUT2D eigenvalue weighted by atomic mass is 10.2. The average molecular weight is 289 g/mol. The van der Waals surface area contributed by atoms with Gasteiger partial charge in [0.1, 0.15) is 23.3 Å². The number of nitriles is 1. The largest absolute Gasteiger partial charge is 0.435 e. The Morgan fingerprint density at radius 1 is 1.33 bits per heavy atom. The van der Waals surface area contributed by atoms with E-state index in [2.05, 4.69) is 15.0 Å². The summed E-state index contributed by atoms with van der Waals surface area (Å²) >= 11 is 0. The van der Waals surface area contributed by atoms with Gasteiger partial charge in [-0.25, -0.2) is 4.98 Å². The van der Waals surface area contributed by atoms with Gasteiger partial charge in [0, 0.05) is 6.54 Å². The molecule has 0 unspecified atom stereocenters. The number of hydrogen-bond acceptors (Lipinski definition) is 4. The van der Waals surface area contributed by atoms with Crippen LogP contribution in [0, 0.1) is 18.3 Å². The Morgan fingerprint density at radius 3 is 2.86 bits per heavy atom. The highest BCUT2D eigenvalue weighted by atomic mass is 19.3. The number of aryl methyl sites for hydroxylation is 1. The summed E-state index contributed by atoms with van der Waals surface area (Å²) in [5.74, 6) is 0.663. The summed E-state index contributed by atoms with van der Waals surface area (Å²) in [6, 6.07) is 12.0. The number of benzene rings is 1. The Labute approximate surface area is 121 Å². The molecule has 108 valence electrons. The van der Waals surface area contributed by atoms with E-state index >= 15 is 0 Å². The highest BCUT2D eigenvalue weighted by Crippen LogP contribution is 2.17. The monoisotopic (exact) mass is 289 g/mol. The Morgan fingerprint density at radius 2 is 2.14 bits per heavy atom. The van der Waals surface area contributed by atoms with E-state index < -0.39 is 6.61 Å². The Hall–Kier alpha value is -2.68. The van der Waals surface area contributed by atoms with Gasteiger partial charge in [-0.1, -0.05) is 18.2 Å². The molecule has 1 aromatic heterocycles. The predicted molar refractivity (Wildman–Crippen MR) is 74.1 cm³/mol. The van der Waals surface area contributed by atoms with E-state index in [0.29, 0.717) is 18.1 Å². The SMILES string of the molecule is Cc1ccc(NCc2cccc(OC(F)F)c2)nc1C#N. The van der Waals surface area contributed by atoms with Crippen molar-refractivity contribution in [1.29, 1.82) is 5.26 Å². The molecule has 1 N–H and O–H groups in total. The number of ether oxygens (including phenoxy) is 1. The lowest BCUT2D eigenvalue weighted by Crippen LogP contribution is -2.05. The van der Waals surface area contributed by atoms with Crippen LogP contribution in [0.5, 0.6) is 5.75 Å². The number of hydrogen-bond donors (Lipinski definition) is 1. The van der Waals surface area contributed by atoms with Crippen molar-refractivity contribution in [3.63, 3.8) is 0 Å². The van der Waals surface area contributed by atoms with Crippen LogP contribution in [0.25, 0.3) is 0 Å². The van der Waals surface area contributed by atoms with Crippen LogP contribution < -0.4 is 10.1 Å². The summed E-state index contributed by atoms with van der Waals surface area (Å²) in [7, 11) is 0. The third kappa shape index (κ3) is 4.14. The highest BCUT2D eigenvalue weighted by molar-refractivity contribution is 5.43. The molecule has 0 saturated heterocycles. The van der Waals surface area contributed by atoms with Crippen LogP contribution in [0.15, 0.2) is 36.4 Å². The Bertz CT molecular complexity index is 668. The maximum absolute atomic E-state index is 12.1. The van der Waals surface area contributed by atoms with Gasteiger partial charge in [-0.05, 0) is 36.2 Å². The number of halogens is 2. The molecule has 2 rings (SSSR count). The van der Waals surface area contributed by atoms with E-state index in [9.17, 15) is 8.78 Å². The topological polar surface area (TPSA) is 57.9 Å². The molecule has 4 nitrogen and oxygen atoms in total. The number of pyridine rings is 1. The molecule has 0 radical (unpaired) electrons. The van der Waals surface area contributed by atoms with Crippen molar-refractivity contribution in [2.45, 2.75) is 20.1 Å². The number of nitrogens with zero attached hydrogens (tertiary/aromatic N) is 2. The van der Waals surface area contributed by atoms with E-state index in [0.717, 1.165) is 11.1 Å². The first-order valence-electron chi connectivity index (χ1n) is 6.24. The molecule has 0 aliphatic carbocycles. The molecule has 0 saturated carbocycles. The normalized spacial score (nSPS) is 10.2. The van der Waals surface area contributed by atoms with E-state index in [4.69, 9.17) is 5.26 Å². The average Bonchev–Trinajstić information content (AvgIpc) is 2.46. The van der Waals surface area contributed by atoms with Crippen LogP contribution in [0.3, 0.4) is 0 Å². The van der Waals surface area contributed by atoms with Gasteiger partial charge in [-0.3, -0.25) is 0 Å². The van der Waals surface area contributed by atoms with Crippen LogP contribution in [-0.2, 0) is 6.54 Å². The van der Waals surface area contributed by atoms with Gasteiger partial charge in [0.15, 0.2) is 0 Å². The summed E-state index contributed by atoms with van der Waals surface area (Å²) in [6.07, 6.45) is 0. The summed E-state index contributed by atoms with van der Waals surface area (Å²) in [6.45, 7) is -0.646. The van der Waals surface area contributed by atoms with Gasteiger partial charge in [0.05, 0.1) is 0 Å². The van der Waals surface area contributed by atoms with Gasteiger partial charge in [0.25, 0.3) is 0 Å². The first-order chi connectivity index (χ1) is 10.1. The van der Waals surface area contributed by atoms with E-state index in [1.807, 2.05) is 6.07 Å². The van der Waals surface area contributed by atoms with Crippen molar-refractivity contribution in [2.75, 3.05) is 5.32 Å². The molecule has 0 bridgehead atoms. The second kappa shape index (κ2) is 6.66. The number of rotatable bonds is 5. The molecular weight excluding hydrogens is 276 g/mol. The second-order valence-electron chi connectivity index (χ2n) is 4.35. The fraction of sp³-hybridized carbons (Fsp3) is 0.200. The van der Waals surface area contributed by atoms with Crippen molar-refractivity contribution in [1.82, 2.24) is 4.98 Å². The summed E-state index contributed by atoms with van der Waals surface area (Å²) in [5.41, 5.74) is 1.93. The molecule has 1 heterocycles. The number of alkyl halides is 2. The second-order valence-corrected chi connectivity index (χ2v) is 4.35. The Kier molecular flexibility index (Phi) is 4.67. The number of anilines is 1. The predicted octanol–water partition coefficient (Wildman–Crippen LogP) is 3.48. The van der Waals surface area contributed by atoms with Crippen LogP contribution in [0.4, 0.5) is 14.6 Å². The zero-order valence-corrected chi connectivity index (χ0v) is 11.3. The maximum Gasteiger partial charge on any atom is 0.387 e. The minimum absolute atomic E-state index is 0.110. The molecule has 2 aromatic rings. The van der Waals surface area contributed by atoms with Crippen molar-refractivity contribution in [2.24, 2.45) is 0 Å². The van der Waals surface area contributed by atoms with Crippen molar-refractivity contribution in [3.05, 3.63) is 53.2 Å². The smallest absolute Gasteiger partial charge is 0.387 e. The fourth-order valence-electron chi connectivity index (χ4n) is 1.76. The van der Waals surface area contributed by atoms with E-state index in [-0.39, 0.29) is 5.75 Å². The van der Waals surface area contributed by atoms with Crippen molar-refractivity contribution in [3.8, 4) is 11.8 Å². The van der Waals surface area contributed by atoms with Crippen molar-refractivity contribution < 1.29 is 13.5 Å².